The third-order valence-corrected chi connectivity index (χ3v) is 3.57. The van der Waals surface area contributed by atoms with Crippen molar-refractivity contribution in [1.29, 1.82) is 0 Å². The van der Waals surface area contributed by atoms with Gasteiger partial charge in [0.1, 0.15) is 0 Å². The average Bonchev–Trinajstić information content (AvgIpc) is 2.15. The molecule has 0 spiro atoms. The zero-order chi connectivity index (χ0) is 9.68. The van der Waals surface area contributed by atoms with Crippen molar-refractivity contribution in [2.75, 3.05) is 26.4 Å². The second kappa shape index (κ2) is 5.37. The van der Waals surface area contributed by atoms with Gasteiger partial charge in [0.2, 0.25) is 0 Å². The predicted octanol–water partition coefficient (Wildman–Crippen LogP) is 1.15. The Morgan fingerprint density at radius 1 is 1.54 bits per heavy atom. The molecule has 1 saturated heterocycles. The monoisotopic (exact) mass is 201 g/mol. The standard InChI is InChI=1S/C9H19N3S/c1-12(2)9(10)11-7-8-5-3-4-6-13-8/h8H,3-7H2,1-2H3,(H2,10,11). The molecule has 1 atom stereocenters. The lowest BCUT2D eigenvalue weighted by Crippen LogP contribution is -2.31. The molecule has 0 radical (unpaired) electrons. The van der Waals surface area contributed by atoms with E-state index in [1.165, 1.54) is 25.0 Å². The first-order valence-corrected chi connectivity index (χ1v) is 5.84. The van der Waals surface area contributed by atoms with Crippen molar-refractivity contribution in [3.63, 3.8) is 0 Å². The molecule has 0 aromatic carbocycles. The van der Waals surface area contributed by atoms with Gasteiger partial charge in [-0.1, -0.05) is 6.42 Å². The minimum Gasteiger partial charge on any atom is -0.370 e. The zero-order valence-corrected chi connectivity index (χ0v) is 9.31. The van der Waals surface area contributed by atoms with Gasteiger partial charge in [-0.2, -0.15) is 11.8 Å². The van der Waals surface area contributed by atoms with Gasteiger partial charge in [0.05, 0.1) is 6.54 Å². The third-order valence-electron chi connectivity index (χ3n) is 2.19. The van der Waals surface area contributed by atoms with Crippen LogP contribution in [0.25, 0.3) is 0 Å². The van der Waals surface area contributed by atoms with Gasteiger partial charge >= 0.3 is 0 Å². The molecule has 1 aliphatic heterocycles. The normalized spacial score (nSPS) is 24.5. The van der Waals surface area contributed by atoms with Gasteiger partial charge in [0.15, 0.2) is 5.96 Å². The SMILES string of the molecule is CN(C)C(N)=NCC1CCCCS1. The van der Waals surface area contributed by atoms with Crippen molar-refractivity contribution in [3.05, 3.63) is 0 Å². The number of aliphatic imine (C=N–C) groups is 1. The smallest absolute Gasteiger partial charge is 0.190 e. The molecule has 0 aromatic heterocycles. The van der Waals surface area contributed by atoms with E-state index in [4.69, 9.17) is 5.73 Å². The number of hydrogen-bond acceptors (Lipinski definition) is 2. The molecular weight excluding hydrogens is 182 g/mol. The van der Waals surface area contributed by atoms with Crippen LogP contribution in [0.15, 0.2) is 4.99 Å². The van der Waals surface area contributed by atoms with Crippen molar-refractivity contribution in [2.45, 2.75) is 24.5 Å². The highest BCUT2D eigenvalue weighted by Gasteiger charge is 2.13. The number of nitrogens with two attached hydrogens (primary N) is 1. The third kappa shape index (κ3) is 3.89. The lowest BCUT2D eigenvalue weighted by molar-refractivity contribution is 0.603. The Hall–Kier alpha value is -0.380. The molecule has 1 unspecified atom stereocenters. The fourth-order valence-corrected chi connectivity index (χ4v) is 2.51. The average molecular weight is 201 g/mol. The molecule has 0 saturated carbocycles. The first-order valence-electron chi connectivity index (χ1n) is 4.79. The number of nitrogens with zero attached hydrogens (tertiary/aromatic N) is 2. The van der Waals surface area contributed by atoms with E-state index in [1.54, 1.807) is 0 Å². The van der Waals surface area contributed by atoms with E-state index in [0.29, 0.717) is 11.2 Å². The highest BCUT2D eigenvalue weighted by atomic mass is 32.2. The van der Waals surface area contributed by atoms with Crippen molar-refractivity contribution < 1.29 is 0 Å². The van der Waals surface area contributed by atoms with Gasteiger partial charge in [0, 0.05) is 19.3 Å². The van der Waals surface area contributed by atoms with Crippen molar-refractivity contribution in [2.24, 2.45) is 10.7 Å². The van der Waals surface area contributed by atoms with Crippen molar-refractivity contribution in [1.82, 2.24) is 4.90 Å². The van der Waals surface area contributed by atoms with Crippen LogP contribution in [-0.2, 0) is 0 Å². The molecule has 0 aliphatic carbocycles. The molecule has 1 heterocycles. The van der Waals surface area contributed by atoms with Crippen molar-refractivity contribution >= 4 is 17.7 Å². The van der Waals surface area contributed by atoms with E-state index >= 15 is 0 Å². The summed E-state index contributed by atoms with van der Waals surface area (Å²) >= 11 is 2.04. The lowest BCUT2D eigenvalue weighted by Gasteiger charge is -2.20. The quantitative estimate of drug-likeness (QED) is 0.538. The maximum Gasteiger partial charge on any atom is 0.190 e. The number of guanidine groups is 1. The van der Waals surface area contributed by atoms with E-state index in [9.17, 15) is 0 Å². The summed E-state index contributed by atoms with van der Waals surface area (Å²) < 4.78 is 0. The van der Waals surface area contributed by atoms with Crippen LogP contribution in [-0.4, -0.2) is 42.5 Å². The van der Waals surface area contributed by atoms with E-state index in [0.717, 1.165) is 6.54 Å². The Morgan fingerprint density at radius 2 is 2.31 bits per heavy atom. The zero-order valence-electron chi connectivity index (χ0n) is 8.49. The summed E-state index contributed by atoms with van der Waals surface area (Å²) in [5.41, 5.74) is 5.70. The Kier molecular flexibility index (Phi) is 4.42. The Labute approximate surface area is 84.8 Å². The van der Waals surface area contributed by atoms with Gasteiger partial charge in [-0.15, -0.1) is 0 Å². The van der Waals surface area contributed by atoms with Crippen molar-refractivity contribution in [3.8, 4) is 0 Å². The van der Waals surface area contributed by atoms with Crippen LogP contribution in [0.3, 0.4) is 0 Å². The summed E-state index contributed by atoms with van der Waals surface area (Å²) in [4.78, 5) is 6.20. The van der Waals surface area contributed by atoms with Crippen LogP contribution in [0.2, 0.25) is 0 Å². The van der Waals surface area contributed by atoms with E-state index in [1.807, 2.05) is 30.8 Å². The molecule has 1 rings (SSSR count). The van der Waals surface area contributed by atoms with Gasteiger partial charge in [0.25, 0.3) is 0 Å². The molecule has 2 N–H and O–H groups in total. The fourth-order valence-electron chi connectivity index (χ4n) is 1.29. The van der Waals surface area contributed by atoms with Crippen LogP contribution in [0.5, 0.6) is 0 Å². The maximum atomic E-state index is 5.70. The highest BCUT2D eigenvalue weighted by Crippen LogP contribution is 2.24. The first-order chi connectivity index (χ1) is 6.20. The van der Waals surface area contributed by atoms with Crippen LogP contribution in [0, 0.1) is 0 Å². The summed E-state index contributed by atoms with van der Waals surface area (Å²) in [5.74, 6) is 1.94. The lowest BCUT2D eigenvalue weighted by atomic mass is 10.2. The van der Waals surface area contributed by atoms with Gasteiger partial charge in [-0.3, -0.25) is 4.99 Å². The van der Waals surface area contributed by atoms with E-state index in [2.05, 4.69) is 4.99 Å². The molecule has 0 amide bonds. The van der Waals surface area contributed by atoms with Gasteiger partial charge in [-0.05, 0) is 18.6 Å². The fraction of sp³-hybridized carbons (Fsp3) is 0.889. The summed E-state index contributed by atoms with van der Waals surface area (Å²) in [6.07, 6.45) is 4.03. The summed E-state index contributed by atoms with van der Waals surface area (Å²) in [7, 11) is 3.85. The number of thioether (sulfide) groups is 1. The summed E-state index contributed by atoms with van der Waals surface area (Å²) in [5, 5.41) is 0.701. The van der Waals surface area contributed by atoms with Crippen LogP contribution >= 0.6 is 11.8 Å². The second-order valence-corrected chi connectivity index (χ2v) is 4.99. The van der Waals surface area contributed by atoms with Crippen LogP contribution < -0.4 is 5.73 Å². The highest BCUT2D eigenvalue weighted by molar-refractivity contribution is 7.99. The molecule has 76 valence electrons. The van der Waals surface area contributed by atoms with Gasteiger partial charge in [-0.25, -0.2) is 0 Å². The molecule has 4 heteroatoms. The van der Waals surface area contributed by atoms with E-state index in [-0.39, 0.29) is 0 Å². The van der Waals surface area contributed by atoms with Crippen LogP contribution in [0.4, 0.5) is 0 Å². The Morgan fingerprint density at radius 3 is 2.85 bits per heavy atom. The second-order valence-electron chi connectivity index (χ2n) is 3.58. The molecule has 3 nitrogen and oxygen atoms in total. The van der Waals surface area contributed by atoms with E-state index < -0.39 is 0 Å². The molecule has 0 aromatic rings. The minimum absolute atomic E-state index is 0.645. The Balaban J connectivity index is 2.27. The minimum atomic E-state index is 0.645. The molecule has 1 aliphatic rings. The number of hydrogen-bond donors (Lipinski definition) is 1. The Bertz CT molecular complexity index is 174. The topological polar surface area (TPSA) is 41.6 Å². The molecule has 0 bridgehead atoms. The summed E-state index contributed by atoms with van der Waals surface area (Å²) in [6, 6.07) is 0. The maximum absolute atomic E-state index is 5.70. The summed E-state index contributed by atoms with van der Waals surface area (Å²) in [6.45, 7) is 0.884. The largest absolute Gasteiger partial charge is 0.370 e. The van der Waals surface area contributed by atoms with Crippen LogP contribution in [0.1, 0.15) is 19.3 Å². The molecule has 1 fully saturated rings. The molecular formula is C9H19N3S. The molecule has 13 heavy (non-hydrogen) atoms. The predicted molar refractivity (Wildman–Crippen MR) is 60.3 cm³/mol. The first kappa shape index (κ1) is 10.7. The number of rotatable bonds is 2. The van der Waals surface area contributed by atoms with Gasteiger partial charge < -0.3 is 10.6 Å².